The molecule has 5 rings (SSSR count). The molecule has 1 aromatic heterocycles. The zero-order valence-electron chi connectivity index (χ0n) is 16.9. The Kier molecular flexibility index (Phi) is 5.60. The number of thiazole rings is 1. The van der Waals surface area contributed by atoms with E-state index in [-0.39, 0.29) is 11.7 Å². The van der Waals surface area contributed by atoms with Crippen LogP contribution in [0, 0.1) is 6.92 Å². The van der Waals surface area contributed by atoms with Gasteiger partial charge in [0.1, 0.15) is 0 Å². The van der Waals surface area contributed by atoms with E-state index in [0.717, 1.165) is 49.5 Å². The second-order valence-corrected chi connectivity index (χ2v) is 10.3. The number of nitrogens with zero attached hydrogens (tertiary/aromatic N) is 3. The number of fused-ring (bicyclic) bond motifs is 1. The van der Waals surface area contributed by atoms with Crippen LogP contribution in [-0.2, 0) is 4.79 Å². The number of rotatable bonds is 4. The summed E-state index contributed by atoms with van der Waals surface area (Å²) in [4.78, 5) is 25.3. The van der Waals surface area contributed by atoms with Crippen LogP contribution >= 0.6 is 34.9 Å². The highest BCUT2D eigenvalue weighted by molar-refractivity contribution is 8.14. The fraction of sp³-hybridized carbons (Fsp3) is 0.174. The van der Waals surface area contributed by atoms with Crippen LogP contribution < -0.4 is 10.2 Å². The zero-order valence-corrected chi connectivity index (χ0v) is 19.4. The Morgan fingerprint density at radius 2 is 2.10 bits per heavy atom. The van der Waals surface area contributed by atoms with E-state index in [1.54, 1.807) is 11.8 Å². The molecule has 0 fully saturated rings. The first-order valence-corrected chi connectivity index (χ1v) is 12.7. The first-order valence-electron chi connectivity index (χ1n) is 9.87. The highest BCUT2D eigenvalue weighted by Crippen LogP contribution is 2.43. The van der Waals surface area contributed by atoms with Gasteiger partial charge in [-0.2, -0.15) is 0 Å². The van der Waals surface area contributed by atoms with Gasteiger partial charge in [0, 0.05) is 17.9 Å². The number of aromatic nitrogens is 1. The van der Waals surface area contributed by atoms with Crippen molar-refractivity contribution in [2.75, 3.05) is 21.7 Å². The predicted molar refractivity (Wildman–Crippen MR) is 135 cm³/mol. The van der Waals surface area contributed by atoms with Crippen molar-refractivity contribution in [3.63, 3.8) is 0 Å². The van der Waals surface area contributed by atoms with Crippen molar-refractivity contribution in [2.24, 2.45) is 4.99 Å². The van der Waals surface area contributed by atoms with E-state index in [0.29, 0.717) is 5.13 Å². The number of amidine groups is 1. The number of hydrogen-bond acceptors (Lipinski definition) is 7. The molecule has 2 aliphatic heterocycles. The fourth-order valence-electron chi connectivity index (χ4n) is 3.50. The molecule has 0 atom stereocenters. The van der Waals surface area contributed by atoms with E-state index in [1.165, 1.54) is 28.7 Å². The van der Waals surface area contributed by atoms with Gasteiger partial charge in [-0.1, -0.05) is 53.9 Å². The largest absolute Gasteiger partial charge is 0.301 e. The Hall–Kier alpha value is -2.55. The molecule has 8 heteroatoms. The van der Waals surface area contributed by atoms with Gasteiger partial charge in [-0.15, -0.1) is 11.8 Å². The lowest BCUT2D eigenvalue weighted by molar-refractivity contribution is -0.113. The van der Waals surface area contributed by atoms with Gasteiger partial charge < -0.3 is 5.32 Å². The van der Waals surface area contributed by atoms with Gasteiger partial charge >= 0.3 is 0 Å². The van der Waals surface area contributed by atoms with Crippen LogP contribution in [0.3, 0.4) is 0 Å². The van der Waals surface area contributed by atoms with Gasteiger partial charge in [0.25, 0.3) is 0 Å². The van der Waals surface area contributed by atoms with Gasteiger partial charge in [-0.25, -0.2) is 9.98 Å². The minimum Gasteiger partial charge on any atom is -0.301 e. The Morgan fingerprint density at radius 3 is 2.94 bits per heavy atom. The summed E-state index contributed by atoms with van der Waals surface area (Å²) in [6.07, 6.45) is 0.934. The molecule has 0 spiro atoms. The molecular formula is C23H20N4OS3. The summed E-state index contributed by atoms with van der Waals surface area (Å²) in [7, 11) is 0. The first-order chi connectivity index (χ1) is 15.1. The van der Waals surface area contributed by atoms with Crippen LogP contribution in [0.4, 0.5) is 10.8 Å². The van der Waals surface area contributed by atoms with Crippen molar-refractivity contribution in [1.82, 2.24) is 4.98 Å². The minimum atomic E-state index is -0.0947. The number of nitrogens with one attached hydrogen (secondary N) is 1. The number of aliphatic imine (C=N–C) groups is 1. The maximum Gasteiger partial charge on any atom is 0.236 e. The third-order valence-corrected chi connectivity index (χ3v) is 7.98. The van der Waals surface area contributed by atoms with Crippen LogP contribution in [-0.4, -0.2) is 27.6 Å². The van der Waals surface area contributed by atoms with E-state index < -0.39 is 0 Å². The lowest BCUT2D eigenvalue weighted by atomic mass is 10.2. The van der Waals surface area contributed by atoms with Crippen LogP contribution in [0.2, 0.25) is 0 Å². The summed E-state index contributed by atoms with van der Waals surface area (Å²) in [5.41, 5.74) is 5.09. The van der Waals surface area contributed by atoms with E-state index in [9.17, 15) is 4.79 Å². The summed E-state index contributed by atoms with van der Waals surface area (Å²) in [6.45, 7) is 6.39. The highest BCUT2D eigenvalue weighted by Gasteiger charge is 2.30. The summed E-state index contributed by atoms with van der Waals surface area (Å²) < 4.78 is 1.07. The van der Waals surface area contributed by atoms with E-state index in [4.69, 9.17) is 4.99 Å². The molecule has 5 nitrogen and oxygen atoms in total. The molecule has 156 valence electrons. The molecule has 31 heavy (non-hydrogen) atoms. The number of hydrogen-bond donors (Lipinski definition) is 1. The molecule has 2 aromatic carbocycles. The third kappa shape index (κ3) is 4.15. The SMILES string of the molecule is C=C1C2=C(CCS2)N=C(SCC(=O)Nc2nc3ccc(C)cc3s2)N1c1ccccc1. The summed E-state index contributed by atoms with van der Waals surface area (Å²) in [5, 5.41) is 4.35. The van der Waals surface area contributed by atoms with Crippen molar-refractivity contribution in [1.29, 1.82) is 0 Å². The number of carbonyl (C=O) groups excluding carboxylic acids is 1. The molecule has 0 radical (unpaired) electrons. The molecule has 0 saturated carbocycles. The van der Waals surface area contributed by atoms with E-state index in [2.05, 4.69) is 34.8 Å². The van der Waals surface area contributed by atoms with Gasteiger partial charge in [-0.05, 0) is 36.8 Å². The number of carbonyl (C=O) groups is 1. The van der Waals surface area contributed by atoms with Gasteiger partial charge in [0.2, 0.25) is 5.91 Å². The topological polar surface area (TPSA) is 57.6 Å². The second-order valence-electron chi connectivity index (χ2n) is 7.21. The maximum absolute atomic E-state index is 12.7. The van der Waals surface area contributed by atoms with Gasteiger partial charge in [-0.3, -0.25) is 9.69 Å². The van der Waals surface area contributed by atoms with E-state index >= 15 is 0 Å². The third-order valence-electron chi connectivity index (χ3n) is 4.94. The van der Waals surface area contributed by atoms with Crippen LogP contribution in [0.5, 0.6) is 0 Å². The van der Waals surface area contributed by atoms with Crippen molar-refractivity contribution >= 4 is 67.0 Å². The first kappa shape index (κ1) is 20.4. The van der Waals surface area contributed by atoms with Gasteiger partial charge in [0.05, 0.1) is 32.3 Å². The normalized spacial score (nSPS) is 16.0. The summed E-state index contributed by atoms with van der Waals surface area (Å²) in [5.74, 6) is 1.17. The second kappa shape index (κ2) is 8.53. The Labute approximate surface area is 193 Å². The van der Waals surface area contributed by atoms with Crippen molar-refractivity contribution in [2.45, 2.75) is 13.3 Å². The molecule has 3 aromatic rings. The fourth-order valence-corrected chi connectivity index (χ4v) is 6.40. The smallest absolute Gasteiger partial charge is 0.236 e. The van der Waals surface area contributed by atoms with E-state index in [1.807, 2.05) is 42.5 Å². The average Bonchev–Trinajstić information content (AvgIpc) is 3.39. The molecule has 1 N–H and O–H groups in total. The number of amides is 1. The molecule has 0 aliphatic carbocycles. The number of benzene rings is 2. The number of anilines is 2. The van der Waals surface area contributed by atoms with Crippen LogP contribution in [0.1, 0.15) is 12.0 Å². The molecule has 0 saturated heterocycles. The number of para-hydroxylation sites is 1. The molecule has 0 bridgehead atoms. The molecular weight excluding hydrogens is 444 g/mol. The van der Waals surface area contributed by atoms with Crippen molar-refractivity contribution in [3.8, 4) is 0 Å². The Morgan fingerprint density at radius 1 is 1.26 bits per heavy atom. The van der Waals surface area contributed by atoms with Crippen molar-refractivity contribution in [3.05, 3.63) is 77.0 Å². The quantitative estimate of drug-likeness (QED) is 0.512. The Bertz CT molecular complexity index is 1250. The monoisotopic (exact) mass is 464 g/mol. The van der Waals surface area contributed by atoms with Crippen LogP contribution in [0.25, 0.3) is 10.2 Å². The molecule has 1 amide bonds. The predicted octanol–water partition coefficient (Wildman–Crippen LogP) is 6.01. The average molecular weight is 465 g/mol. The van der Waals surface area contributed by atoms with Crippen molar-refractivity contribution < 1.29 is 4.79 Å². The maximum atomic E-state index is 12.7. The highest BCUT2D eigenvalue weighted by atomic mass is 32.2. The molecule has 3 heterocycles. The lowest BCUT2D eigenvalue weighted by Gasteiger charge is -2.31. The summed E-state index contributed by atoms with van der Waals surface area (Å²) in [6, 6.07) is 16.2. The molecule has 0 unspecified atom stereocenters. The molecule has 2 aliphatic rings. The summed E-state index contributed by atoms with van der Waals surface area (Å²) >= 11 is 4.72. The minimum absolute atomic E-state index is 0.0947. The number of aryl methyl sites for hydroxylation is 1. The number of thioether (sulfide) groups is 2. The van der Waals surface area contributed by atoms with Gasteiger partial charge in [0.15, 0.2) is 10.3 Å². The number of allylic oxidation sites excluding steroid dienone is 1. The Balaban J connectivity index is 1.33. The van der Waals surface area contributed by atoms with Crippen LogP contribution in [0.15, 0.2) is 76.4 Å². The lowest BCUT2D eigenvalue weighted by Crippen LogP contribution is -2.31. The standard InChI is InChI=1S/C23H20N4OS3/c1-14-8-9-17-19(12-14)31-22(24-17)26-20(28)13-30-23-25-18-10-11-29-21(18)15(2)27(23)16-6-4-3-5-7-16/h3-9,12H,2,10-11,13H2,1H3,(H,24,26,28). The zero-order chi connectivity index (χ0) is 21.4.